The van der Waals surface area contributed by atoms with Crippen LogP contribution in [-0.4, -0.2) is 0 Å². The molecule has 1 aliphatic rings. The number of hydrogen-bond acceptors (Lipinski definition) is 1. The molecule has 0 aliphatic heterocycles. The van der Waals surface area contributed by atoms with E-state index in [2.05, 4.69) is 13.0 Å². The first-order valence-corrected chi connectivity index (χ1v) is 5.05. The van der Waals surface area contributed by atoms with E-state index in [9.17, 15) is 0 Å². The Morgan fingerprint density at radius 2 is 2.23 bits per heavy atom. The van der Waals surface area contributed by atoms with Crippen LogP contribution in [0.5, 0.6) is 0 Å². The zero-order chi connectivity index (χ0) is 9.47. The number of hydrogen-bond donors (Lipinski definition) is 1. The topological polar surface area (TPSA) is 26.0 Å². The SMILES string of the molecule is CC1(N)CCCc2cc(Cl)ccc21. The van der Waals surface area contributed by atoms with Crippen molar-refractivity contribution in [2.45, 2.75) is 31.7 Å². The quantitative estimate of drug-likeness (QED) is 0.677. The lowest BCUT2D eigenvalue weighted by Gasteiger charge is -2.32. The maximum atomic E-state index is 6.20. The van der Waals surface area contributed by atoms with Crippen LogP contribution < -0.4 is 5.73 Å². The van der Waals surface area contributed by atoms with Crippen molar-refractivity contribution in [1.29, 1.82) is 0 Å². The largest absolute Gasteiger partial charge is 0.322 e. The smallest absolute Gasteiger partial charge is 0.0408 e. The minimum atomic E-state index is -0.155. The van der Waals surface area contributed by atoms with Gasteiger partial charge in [0.15, 0.2) is 0 Å². The van der Waals surface area contributed by atoms with Crippen LogP contribution in [0.25, 0.3) is 0 Å². The fourth-order valence-electron chi connectivity index (χ4n) is 2.11. The summed E-state index contributed by atoms with van der Waals surface area (Å²) in [6.45, 7) is 2.10. The summed E-state index contributed by atoms with van der Waals surface area (Å²) in [6, 6.07) is 6.04. The van der Waals surface area contributed by atoms with Gasteiger partial charge in [0.05, 0.1) is 0 Å². The van der Waals surface area contributed by atoms with E-state index in [4.69, 9.17) is 17.3 Å². The molecular formula is C11H14ClN. The highest BCUT2D eigenvalue weighted by Crippen LogP contribution is 2.33. The zero-order valence-electron chi connectivity index (χ0n) is 7.81. The van der Waals surface area contributed by atoms with Crippen molar-refractivity contribution in [2.24, 2.45) is 5.73 Å². The second-order valence-corrected chi connectivity index (χ2v) is 4.51. The molecule has 1 nitrogen and oxygen atoms in total. The van der Waals surface area contributed by atoms with Crippen LogP contribution >= 0.6 is 11.6 Å². The highest BCUT2D eigenvalue weighted by molar-refractivity contribution is 6.30. The first kappa shape index (κ1) is 9.04. The Balaban J connectivity index is 2.53. The third-order valence-corrected chi connectivity index (χ3v) is 3.06. The average Bonchev–Trinajstić information content (AvgIpc) is 2.02. The number of fused-ring (bicyclic) bond motifs is 1. The molecular weight excluding hydrogens is 182 g/mol. The molecule has 13 heavy (non-hydrogen) atoms. The van der Waals surface area contributed by atoms with Gasteiger partial charge >= 0.3 is 0 Å². The molecule has 0 radical (unpaired) electrons. The van der Waals surface area contributed by atoms with Crippen LogP contribution in [0.2, 0.25) is 5.02 Å². The molecule has 0 aromatic heterocycles. The van der Waals surface area contributed by atoms with E-state index in [0.717, 1.165) is 17.9 Å². The van der Waals surface area contributed by atoms with Crippen molar-refractivity contribution in [3.05, 3.63) is 34.3 Å². The number of halogens is 1. The van der Waals surface area contributed by atoms with Gasteiger partial charge < -0.3 is 5.73 Å². The summed E-state index contributed by atoms with van der Waals surface area (Å²) in [5.74, 6) is 0. The van der Waals surface area contributed by atoms with Crippen LogP contribution in [0.3, 0.4) is 0 Å². The van der Waals surface area contributed by atoms with Crippen molar-refractivity contribution in [1.82, 2.24) is 0 Å². The molecule has 1 aromatic rings. The third-order valence-electron chi connectivity index (χ3n) is 2.82. The fourth-order valence-corrected chi connectivity index (χ4v) is 2.30. The first-order chi connectivity index (χ1) is 6.09. The van der Waals surface area contributed by atoms with Crippen LogP contribution in [0.15, 0.2) is 18.2 Å². The van der Waals surface area contributed by atoms with Crippen LogP contribution in [0.1, 0.15) is 30.9 Å². The van der Waals surface area contributed by atoms with E-state index in [-0.39, 0.29) is 5.54 Å². The molecule has 1 aromatic carbocycles. The van der Waals surface area contributed by atoms with Crippen LogP contribution in [0, 0.1) is 0 Å². The summed E-state index contributed by atoms with van der Waals surface area (Å²) >= 11 is 5.93. The van der Waals surface area contributed by atoms with E-state index >= 15 is 0 Å². The minimum absolute atomic E-state index is 0.155. The van der Waals surface area contributed by atoms with Gasteiger partial charge in [0.2, 0.25) is 0 Å². The predicted molar refractivity (Wildman–Crippen MR) is 55.9 cm³/mol. The molecule has 0 spiro atoms. The molecule has 0 fully saturated rings. The monoisotopic (exact) mass is 195 g/mol. The number of benzene rings is 1. The van der Waals surface area contributed by atoms with Gasteiger partial charge in [-0.25, -0.2) is 0 Å². The summed E-state index contributed by atoms with van der Waals surface area (Å²) in [7, 11) is 0. The zero-order valence-corrected chi connectivity index (χ0v) is 8.56. The molecule has 0 heterocycles. The molecule has 0 amide bonds. The van der Waals surface area contributed by atoms with Crippen molar-refractivity contribution >= 4 is 11.6 Å². The number of nitrogens with two attached hydrogens (primary N) is 1. The molecule has 2 rings (SSSR count). The van der Waals surface area contributed by atoms with Gasteiger partial charge in [0.25, 0.3) is 0 Å². The first-order valence-electron chi connectivity index (χ1n) is 4.67. The lowest BCUT2D eigenvalue weighted by molar-refractivity contribution is 0.409. The Labute approximate surface area is 83.9 Å². The summed E-state index contributed by atoms with van der Waals surface area (Å²) in [6.07, 6.45) is 3.35. The molecule has 2 N–H and O–H groups in total. The second-order valence-electron chi connectivity index (χ2n) is 4.07. The molecule has 1 aliphatic carbocycles. The standard InChI is InChI=1S/C11H14ClN/c1-11(13)6-2-3-8-7-9(12)4-5-10(8)11/h4-5,7H,2-3,6,13H2,1H3. The van der Waals surface area contributed by atoms with Crippen molar-refractivity contribution in [3.63, 3.8) is 0 Å². The summed E-state index contributed by atoms with van der Waals surface area (Å²) in [5, 5.41) is 0.816. The van der Waals surface area contributed by atoms with Crippen molar-refractivity contribution in [2.75, 3.05) is 0 Å². The van der Waals surface area contributed by atoms with Gasteiger partial charge in [-0.15, -0.1) is 0 Å². The Kier molecular flexibility index (Phi) is 2.09. The van der Waals surface area contributed by atoms with E-state index in [1.807, 2.05) is 12.1 Å². The Morgan fingerprint density at radius 1 is 1.46 bits per heavy atom. The van der Waals surface area contributed by atoms with E-state index in [1.165, 1.54) is 17.5 Å². The molecule has 0 saturated heterocycles. The lowest BCUT2D eigenvalue weighted by atomic mass is 9.79. The van der Waals surface area contributed by atoms with Crippen LogP contribution in [-0.2, 0) is 12.0 Å². The average molecular weight is 196 g/mol. The number of aryl methyl sites for hydroxylation is 1. The van der Waals surface area contributed by atoms with Crippen LogP contribution in [0.4, 0.5) is 0 Å². The minimum Gasteiger partial charge on any atom is -0.322 e. The molecule has 0 bridgehead atoms. The Bertz CT molecular complexity index is 331. The molecule has 1 atom stereocenters. The van der Waals surface area contributed by atoms with E-state index in [1.54, 1.807) is 0 Å². The van der Waals surface area contributed by atoms with Gasteiger partial charge in [-0.2, -0.15) is 0 Å². The van der Waals surface area contributed by atoms with Gasteiger partial charge in [-0.3, -0.25) is 0 Å². The predicted octanol–water partition coefficient (Wildman–Crippen LogP) is 2.85. The van der Waals surface area contributed by atoms with Gasteiger partial charge in [0.1, 0.15) is 0 Å². The van der Waals surface area contributed by atoms with Gasteiger partial charge in [-0.05, 0) is 49.4 Å². The Hall–Kier alpha value is -0.530. The maximum Gasteiger partial charge on any atom is 0.0408 e. The highest BCUT2D eigenvalue weighted by atomic mass is 35.5. The molecule has 0 saturated carbocycles. The fraction of sp³-hybridized carbons (Fsp3) is 0.455. The van der Waals surface area contributed by atoms with E-state index in [0.29, 0.717) is 0 Å². The molecule has 2 heteroatoms. The number of rotatable bonds is 0. The van der Waals surface area contributed by atoms with Crippen molar-refractivity contribution < 1.29 is 0 Å². The van der Waals surface area contributed by atoms with Crippen molar-refractivity contribution in [3.8, 4) is 0 Å². The molecule has 1 unspecified atom stereocenters. The molecule has 70 valence electrons. The van der Waals surface area contributed by atoms with Gasteiger partial charge in [-0.1, -0.05) is 17.7 Å². The van der Waals surface area contributed by atoms with Gasteiger partial charge in [0, 0.05) is 10.6 Å². The maximum absolute atomic E-state index is 6.20. The lowest BCUT2D eigenvalue weighted by Crippen LogP contribution is -2.36. The summed E-state index contributed by atoms with van der Waals surface area (Å²) < 4.78 is 0. The highest BCUT2D eigenvalue weighted by Gasteiger charge is 2.27. The summed E-state index contributed by atoms with van der Waals surface area (Å²) in [4.78, 5) is 0. The Morgan fingerprint density at radius 3 is 3.00 bits per heavy atom. The third kappa shape index (κ3) is 1.59. The summed E-state index contributed by atoms with van der Waals surface area (Å²) in [5.41, 5.74) is 8.63. The normalized spacial score (nSPS) is 27.0. The second kappa shape index (κ2) is 3.00. The van der Waals surface area contributed by atoms with E-state index < -0.39 is 0 Å².